The molecule has 2 aliphatic heterocycles. The Morgan fingerprint density at radius 1 is 1.13 bits per heavy atom. The van der Waals surface area contributed by atoms with Gasteiger partial charge in [-0.25, -0.2) is 8.42 Å². The molecule has 1 aromatic carbocycles. The van der Waals surface area contributed by atoms with Crippen LogP contribution in [0.4, 0.5) is 5.69 Å². The lowest BCUT2D eigenvalue weighted by atomic mass is 10.0. The number of amides is 1. The van der Waals surface area contributed by atoms with Gasteiger partial charge in [-0.3, -0.25) is 14.0 Å². The van der Waals surface area contributed by atoms with Crippen molar-refractivity contribution in [3.63, 3.8) is 0 Å². The summed E-state index contributed by atoms with van der Waals surface area (Å²) in [6.45, 7) is 2.96. The smallest absolute Gasteiger partial charge is 0.251 e. The average molecular weight is 432 g/mol. The maximum absolute atomic E-state index is 12.9. The predicted octanol–water partition coefficient (Wildman–Crippen LogP) is 2.95. The zero-order valence-electron chi connectivity index (χ0n) is 17.3. The third-order valence-electron chi connectivity index (χ3n) is 5.98. The molecule has 3 heterocycles. The number of rotatable bonds is 6. The first-order valence-corrected chi connectivity index (χ1v) is 12.4. The predicted molar refractivity (Wildman–Crippen MR) is 116 cm³/mol. The number of carbonyl (C=O) groups is 1. The van der Waals surface area contributed by atoms with Crippen LogP contribution in [0.15, 0.2) is 41.0 Å². The fraction of sp³-hybridized carbons (Fsp3) is 0.500. The monoisotopic (exact) mass is 431 g/mol. The number of nitrogens with zero attached hydrogens (tertiary/aromatic N) is 2. The van der Waals surface area contributed by atoms with Gasteiger partial charge in [-0.2, -0.15) is 0 Å². The quantitative estimate of drug-likeness (QED) is 0.760. The highest BCUT2D eigenvalue weighted by atomic mass is 32.2. The minimum absolute atomic E-state index is 0.0163. The third kappa shape index (κ3) is 4.54. The van der Waals surface area contributed by atoms with Crippen LogP contribution in [-0.4, -0.2) is 51.7 Å². The zero-order valence-corrected chi connectivity index (χ0v) is 18.2. The topological polar surface area (TPSA) is 82.9 Å². The van der Waals surface area contributed by atoms with Gasteiger partial charge in [0, 0.05) is 18.7 Å². The maximum Gasteiger partial charge on any atom is 0.251 e. The standard InChI is InChI=1S/C22H29N3O4S/c1-30(27,28)25-13-5-7-17-15-18(9-10-19(17)25)22(26)23-16-20(21-8-6-14-29-21)24-11-3-2-4-12-24/h6,8-10,14-15,20H,2-5,7,11-13,16H2,1H3,(H,23,26). The molecule has 1 amide bonds. The van der Waals surface area contributed by atoms with E-state index in [1.165, 1.54) is 17.0 Å². The second-order valence-electron chi connectivity index (χ2n) is 8.12. The molecule has 4 rings (SSSR count). The number of benzene rings is 1. The van der Waals surface area contributed by atoms with Crippen molar-refractivity contribution in [1.29, 1.82) is 0 Å². The Morgan fingerprint density at radius 2 is 1.93 bits per heavy atom. The van der Waals surface area contributed by atoms with Gasteiger partial charge < -0.3 is 9.73 Å². The van der Waals surface area contributed by atoms with Crippen molar-refractivity contribution in [2.75, 3.05) is 36.7 Å². The second kappa shape index (κ2) is 8.81. The van der Waals surface area contributed by atoms with Crippen molar-refractivity contribution < 1.29 is 17.6 Å². The van der Waals surface area contributed by atoms with Crippen LogP contribution in [0.1, 0.15) is 53.4 Å². The molecule has 1 aromatic heterocycles. The lowest BCUT2D eigenvalue weighted by Crippen LogP contribution is -2.40. The highest BCUT2D eigenvalue weighted by Gasteiger charge is 2.27. The Labute approximate surface area is 178 Å². The van der Waals surface area contributed by atoms with Crippen molar-refractivity contribution in [3.8, 4) is 0 Å². The normalized spacial score (nSPS) is 18.6. The van der Waals surface area contributed by atoms with Crippen LogP contribution in [0.3, 0.4) is 0 Å². The first kappa shape index (κ1) is 20.9. The number of sulfonamides is 1. The van der Waals surface area contributed by atoms with E-state index in [2.05, 4.69) is 10.2 Å². The summed E-state index contributed by atoms with van der Waals surface area (Å²) in [6, 6.07) is 9.14. The van der Waals surface area contributed by atoms with E-state index in [4.69, 9.17) is 4.42 Å². The van der Waals surface area contributed by atoms with Crippen LogP contribution >= 0.6 is 0 Å². The van der Waals surface area contributed by atoms with E-state index < -0.39 is 10.0 Å². The van der Waals surface area contributed by atoms with E-state index in [1.54, 1.807) is 18.4 Å². The molecular formula is C22H29N3O4S. The van der Waals surface area contributed by atoms with Gasteiger partial charge in [0.05, 0.1) is 24.2 Å². The molecule has 1 atom stereocenters. The van der Waals surface area contributed by atoms with E-state index in [0.29, 0.717) is 24.3 Å². The largest absolute Gasteiger partial charge is 0.468 e. The Morgan fingerprint density at radius 3 is 2.63 bits per heavy atom. The number of likely N-dealkylation sites (tertiary alicyclic amines) is 1. The van der Waals surface area contributed by atoms with Crippen molar-refractivity contribution >= 4 is 21.6 Å². The van der Waals surface area contributed by atoms with Gasteiger partial charge >= 0.3 is 0 Å². The molecule has 1 saturated heterocycles. The number of anilines is 1. The molecule has 162 valence electrons. The maximum atomic E-state index is 12.9. The number of fused-ring (bicyclic) bond motifs is 1. The Kier molecular flexibility index (Phi) is 6.15. The fourth-order valence-corrected chi connectivity index (χ4v) is 5.46. The number of hydrogen-bond donors (Lipinski definition) is 1. The molecule has 0 saturated carbocycles. The summed E-state index contributed by atoms with van der Waals surface area (Å²) in [7, 11) is -3.31. The molecule has 0 bridgehead atoms. The van der Waals surface area contributed by atoms with Crippen molar-refractivity contribution in [3.05, 3.63) is 53.5 Å². The van der Waals surface area contributed by atoms with Crippen molar-refractivity contribution in [2.24, 2.45) is 0 Å². The van der Waals surface area contributed by atoms with Crippen LogP contribution < -0.4 is 9.62 Å². The third-order valence-corrected chi connectivity index (χ3v) is 7.16. The highest BCUT2D eigenvalue weighted by Crippen LogP contribution is 2.30. The van der Waals surface area contributed by atoms with Crippen molar-refractivity contribution in [2.45, 2.75) is 38.1 Å². The molecule has 1 N–H and O–H groups in total. The van der Waals surface area contributed by atoms with E-state index in [0.717, 1.165) is 50.1 Å². The number of nitrogens with one attached hydrogen (secondary N) is 1. The highest BCUT2D eigenvalue weighted by molar-refractivity contribution is 7.92. The molecule has 2 aromatic rings. The molecule has 0 aliphatic carbocycles. The first-order chi connectivity index (χ1) is 14.4. The molecule has 7 nitrogen and oxygen atoms in total. The van der Waals surface area contributed by atoms with E-state index in [1.807, 2.05) is 18.2 Å². The lowest BCUT2D eigenvalue weighted by Gasteiger charge is -2.33. The number of hydrogen-bond acceptors (Lipinski definition) is 5. The van der Waals surface area contributed by atoms with E-state index in [9.17, 15) is 13.2 Å². The van der Waals surface area contributed by atoms with Gasteiger partial charge in [0.1, 0.15) is 5.76 Å². The van der Waals surface area contributed by atoms with Crippen LogP contribution in [0.2, 0.25) is 0 Å². The molecule has 30 heavy (non-hydrogen) atoms. The molecule has 0 spiro atoms. The summed E-state index contributed by atoms with van der Waals surface area (Å²) in [5.74, 6) is 0.717. The number of carbonyl (C=O) groups excluding carboxylic acids is 1. The lowest BCUT2D eigenvalue weighted by molar-refractivity contribution is 0.0914. The summed E-state index contributed by atoms with van der Waals surface area (Å²) in [6.07, 6.45) is 7.97. The Hall–Kier alpha value is -2.32. The molecule has 0 radical (unpaired) electrons. The van der Waals surface area contributed by atoms with Gasteiger partial charge in [-0.05, 0) is 74.7 Å². The Bertz CT molecular complexity index is 982. The minimum Gasteiger partial charge on any atom is -0.468 e. The number of aryl methyl sites for hydroxylation is 1. The Balaban J connectivity index is 1.48. The van der Waals surface area contributed by atoms with Gasteiger partial charge in [0.25, 0.3) is 5.91 Å². The van der Waals surface area contributed by atoms with Gasteiger partial charge in [0.15, 0.2) is 0 Å². The SMILES string of the molecule is CS(=O)(=O)N1CCCc2cc(C(=O)NCC(c3ccco3)N3CCCCC3)ccc21. The molecule has 1 unspecified atom stereocenters. The van der Waals surface area contributed by atoms with E-state index >= 15 is 0 Å². The summed E-state index contributed by atoms with van der Waals surface area (Å²) in [5.41, 5.74) is 2.14. The van der Waals surface area contributed by atoms with Gasteiger partial charge in [0.2, 0.25) is 10.0 Å². The average Bonchev–Trinajstić information content (AvgIpc) is 3.27. The van der Waals surface area contributed by atoms with Crippen molar-refractivity contribution in [1.82, 2.24) is 10.2 Å². The minimum atomic E-state index is -3.31. The fourth-order valence-electron chi connectivity index (χ4n) is 4.46. The summed E-state index contributed by atoms with van der Waals surface area (Å²) in [4.78, 5) is 15.2. The van der Waals surface area contributed by atoms with Crippen LogP contribution in [0.5, 0.6) is 0 Å². The molecule has 8 heteroatoms. The second-order valence-corrected chi connectivity index (χ2v) is 10.0. The summed E-state index contributed by atoms with van der Waals surface area (Å²) in [5, 5.41) is 3.06. The molecular weight excluding hydrogens is 402 g/mol. The van der Waals surface area contributed by atoms with Gasteiger partial charge in [-0.1, -0.05) is 6.42 Å². The van der Waals surface area contributed by atoms with Gasteiger partial charge in [-0.15, -0.1) is 0 Å². The van der Waals surface area contributed by atoms with Crippen LogP contribution in [0, 0.1) is 0 Å². The van der Waals surface area contributed by atoms with E-state index in [-0.39, 0.29) is 11.9 Å². The number of piperidine rings is 1. The van der Waals surface area contributed by atoms with Crippen LogP contribution in [0.25, 0.3) is 0 Å². The number of furan rings is 1. The molecule has 1 fully saturated rings. The first-order valence-electron chi connectivity index (χ1n) is 10.6. The van der Waals surface area contributed by atoms with Crippen LogP contribution in [-0.2, 0) is 16.4 Å². The zero-order chi connectivity index (χ0) is 21.1. The summed E-state index contributed by atoms with van der Waals surface area (Å²) < 4.78 is 31.2. The summed E-state index contributed by atoms with van der Waals surface area (Å²) >= 11 is 0. The molecule has 2 aliphatic rings.